The van der Waals surface area contributed by atoms with Crippen LogP contribution in [-0.4, -0.2) is 18.5 Å². The maximum Gasteiger partial charge on any atom is 0.319 e. The van der Waals surface area contributed by atoms with Gasteiger partial charge in [0.1, 0.15) is 0 Å². The Labute approximate surface area is 108 Å². The van der Waals surface area contributed by atoms with Crippen molar-refractivity contribution in [3.05, 3.63) is 22.2 Å². The molecule has 0 aliphatic rings. The molecule has 4 N–H and O–H groups in total. The normalized spacial score (nSPS) is 9.94. The number of anilines is 2. The molecule has 88 valence electrons. The summed E-state index contributed by atoms with van der Waals surface area (Å²) in [4.78, 5) is 11.3. The van der Waals surface area contributed by atoms with Crippen molar-refractivity contribution in [3.63, 3.8) is 0 Å². The summed E-state index contributed by atoms with van der Waals surface area (Å²) < 4.78 is 0. The lowest BCUT2D eigenvalue weighted by atomic mass is 10.3. The van der Waals surface area contributed by atoms with Crippen LogP contribution < -0.4 is 16.4 Å². The number of carbonyl (C=O) groups is 1. The number of carbonyl (C=O) groups excluding carboxylic acids is 1. The Hall–Kier alpha value is -0.840. The molecule has 0 fully saturated rings. The van der Waals surface area contributed by atoms with E-state index >= 15 is 0 Å². The number of nitrogen functional groups attached to an aromatic ring is 1. The molecule has 16 heavy (non-hydrogen) atoms. The summed E-state index contributed by atoms with van der Waals surface area (Å²) in [7, 11) is 0. The van der Waals surface area contributed by atoms with E-state index in [1.165, 1.54) is 12.1 Å². The summed E-state index contributed by atoms with van der Waals surface area (Å²) in [6, 6.07) is 2.66. The minimum absolute atomic E-state index is 0.287. The number of urea groups is 1. The van der Waals surface area contributed by atoms with E-state index in [2.05, 4.69) is 10.6 Å². The van der Waals surface area contributed by atoms with Gasteiger partial charge in [0, 0.05) is 18.1 Å². The topological polar surface area (TPSA) is 67.1 Å². The molecule has 1 aromatic rings. The molecule has 0 bridgehead atoms. The van der Waals surface area contributed by atoms with E-state index in [4.69, 9.17) is 40.5 Å². The lowest BCUT2D eigenvalue weighted by Gasteiger charge is -2.08. The van der Waals surface area contributed by atoms with Gasteiger partial charge in [-0.2, -0.15) is 0 Å². The van der Waals surface area contributed by atoms with E-state index in [0.717, 1.165) is 0 Å². The van der Waals surface area contributed by atoms with E-state index < -0.39 is 0 Å². The number of rotatable bonds is 3. The van der Waals surface area contributed by atoms with Crippen LogP contribution in [0.15, 0.2) is 12.1 Å². The lowest BCUT2D eigenvalue weighted by molar-refractivity contribution is 0.252. The predicted octanol–water partition coefficient (Wildman–Crippen LogP) is 2.94. The third-order valence-electron chi connectivity index (χ3n) is 1.72. The van der Waals surface area contributed by atoms with Crippen LogP contribution in [0.3, 0.4) is 0 Å². The van der Waals surface area contributed by atoms with Crippen molar-refractivity contribution in [2.24, 2.45) is 0 Å². The molecule has 1 rings (SSSR count). The molecule has 0 aliphatic carbocycles. The highest BCUT2D eigenvalue weighted by molar-refractivity contribution is 6.39. The van der Waals surface area contributed by atoms with E-state index in [1.807, 2.05) is 0 Å². The van der Waals surface area contributed by atoms with Crippen LogP contribution >= 0.6 is 34.8 Å². The monoisotopic (exact) mass is 281 g/mol. The summed E-state index contributed by atoms with van der Waals surface area (Å²) in [6.07, 6.45) is 0. The smallest absolute Gasteiger partial charge is 0.319 e. The van der Waals surface area contributed by atoms with E-state index in [1.54, 1.807) is 0 Å². The van der Waals surface area contributed by atoms with Crippen LogP contribution in [-0.2, 0) is 0 Å². The van der Waals surface area contributed by atoms with Crippen molar-refractivity contribution in [3.8, 4) is 0 Å². The van der Waals surface area contributed by atoms with Crippen LogP contribution in [0.2, 0.25) is 10.0 Å². The van der Waals surface area contributed by atoms with Crippen LogP contribution in [0.1, 0.15) is 0 Å². The first-order valence-corrected chi connectivity index (χ1v) is 5.69. The van der Waals surface area contributed by atoms with Gasteiger partial charge in [-0.25, -0.2) is 4.79 Å². The van der Waals surface area contributed by atoms with Gasteiger partial charge >= 0.3 is 6.03 Å². The Morgan fingerprint density at radius 3 is 2.38 bits per heavy atom. The molecule has 0 radical (unpaired) electrons. The zero-order valence-corrected chi connectivity index (χ0v) is 10.5. The van der Waals surface area contributed by atoms with Gasteiger partial charge in [0.2, 0.25) is 0 Å². The average molecular weight is 283 g/mol. The summed E-state index contributed by atoms with van der Waals surface area (Å²) in [5.74, 6) is 0.344. The van der Waals surface area contributed by atoms with Crippen molar-refractivity contribution in [2.75, 3.05) is 23.5 Å². The summed E-state index contributed by atoms with van der Waals surface area (Å²) in [6.45, 7) is 0.379. The van der Waals surface area contributed by atoms with Crippen LogP contribution in [0.25, 0.3) is 0 Å². The molecule has 4 nitrogen and oxygen atoms in total. The van der Waals surface area contributed by atoms with Crippen LogP contribution in [0.5, 0.6) is 0 Å². The molecule has 0 spiro atoms. The molecular formula is C9H10Cl3N3O. The molecule has 0 aliphatic heterocycles. The Kier molecular flexibility index (Phi) is 4.99. The first kappa shape index (κ1) is 13.2. The van der Waals surface area contributed by atoms with Gasteiger partial charge in [-0.15, -0.1) is 11.6 Å². The second kappa shape index (κ2) is 6.03. The zero-order chi connectivity index (χ0) is 12.1. The number of nitrogens with two attached hydrogens (primary N) is 1. The van der Waals surface area contributed by atoms with Gasteiger partial charge in [-0.3, -0.25) is 0 Å². The minimum Gasteiger partial charge on any atom is -0.396 e. The summed E-state index contributed by atoms with van der Waals surface area (Å²) in [5.41, 5.74) is 6.31. The van der Waals surface area contributed by atoms with Gasteiger partial charge < -0.3 is 16.4 Å². The lowest BCUT2D eigenvalue weighted by Crippen LogP contribution is -2.30. The predicted molar refractivity (Wildman–Crippen MR) is 68.6 cm³/mol. The fraction of sp³-hybridized carbons (Fsp3) is 0.222. The van der Waals surface area contributed by atoms with Crippen molar-refractivity contribution in [2.45, 2.75) is 0 Å². The molecule has 0 saturated carbocycles. The molecule has 0 atom stereocenters. The van der Waals surface area contributed by atoms with Gasteiger partial charge in [0.15, 0.2) is 0 Å². The average Bonchev–Trinajstić information content (AvgIpc) is 2.23. The Morgan fingerprint density at radius 2 is 1.88 bits per heavy atom. The molecule has 0 aromatic heterocycles. The van der Waals surface area contributed by atoms with E-state index in [-0.39, 0.29) is 11.7 Å². The Morgan fingerprint density at radius 1 is 1.31 bits per heavy atom. The number of halogens is 3. The Balaban J connectivity index is 2.71. The highest BCUT2D eigenvalue weighted by Crippen LogP contribution is 2.30. The molecule has 2 amide bonds. The van der Waals surface area contributed by atoms with E-state index in [0.29, 0.717) is 28.2 Å². The highest BCUT2D eigenvalue weighted by atomic mass is 35.5. The van der Waals surface area contributed by atoms with Crippen LogP contribution in [0, 0.1) is 0 Å². The summed E-state index contributed by atoms with van der Waals surface area (Å²) >= 11 is 17.0. The van der Waals surface area contributed by atoms with Gasteiger partial charge in [-0.1, -0.05) is 23.2 Å². The number of amides is 2. The summed E-state index contributed by atoms with van der Waals surface area (Å²) in [5, 5.41) is 5.67. The molecule has 0 saturated heterocycles. The van der Waals surface area contributed by atoms with E-state index in [9.17, 15) is 4.79 Å². The fourth-order valence-electron chi connectivity index (χ4n) is 0.993. The first-order valence-electron chi connectivity index (χ1n) is 4.40. The molecule has 1 aromatic carbocycles. The highest BCUT2D eigenvalue weighted by Gasteiger charge is 2.07. The second-order valence-corrected chi connectivity index (χ2v) is 4.12. The van der Waals surface area contributed by atoms with Crippen molar-refractivity contribution in [1.82, 2.24) is 5.32 Å². The third kappa shape index (κ3) is 3.63. The molecule has 0 heterocycles. The second-order valence-electron chi connectivity index (χ2n) is 2.92. The minimum atomic E-state index is -0.377. The molecule has 7 heteroatoms. The standard InChI is InChI=1S/C9H10Cl3N3O/c10-1-2-14-9(16)15-5-3-6(11)8(13)7(12)4-5/h3-4H,1-2,13H2,(H2,14,15,16). The van der Waals surface area contributed by atoms with Crippen molar-refractivity contribution >= 4 is 52.2 Å². The molecular weight excluding hydrogens is 272 g/mol. The quantitative estimate of drug-likeness (QED) is 0.589. The third-order valence-corrected chi connectivity index (χ3v) is 2.53. The molecule has 0 unspecified atom stereocenters. The number of benzene rings is 1. The fourth-order valence-corrected chi connectivity index (χ4v) is 1.57. The number of alkyl halides is 1. The number of hydrogen-bond acceptors (Lipinski definition) is 2. The first-order chi connectivity index (χ1) is 7.54. The number of hydrogen-bond donors (Lipinski definition) is 3. The Bertz CT molecular complexity index is 375. The van der Waals surface area contributed by atoms with Crippen LogP contribution in [0.4, 0.5) is 16.2 Å². The zero-order valence-electron chi connectivity index (χ0n) is 8.19. The maximum atomic E-state index is 11.3. The van der Waals surface area contributed by atoms with Crippen molar-refractivity contribution in [1.29, 1.82) is 0 Å². The largest absolute Gasteiger partial charge is 0.396 e. The van der Waals surface area contributed by atoms with Gasteiger partial charge in [0.05, 0.1) is 15.7 Å². The van der Waals surface area contributed by atoms with Crippen molar-refractivity contribution < 1.29 is 4.79 Å². The number of nitrogens with one attached hydrogen (secondary N) is 2. The van der Waals surface area contributed by atoms with Gasteiger partial charge in [-0.05, 0) is 12.1 Å². The van der Waals surface area contributed by atoms with Gasteiger partial charge in [0.25, 0.3) is 0 Å². The SMILES string of the molecule is Nc1c(Cl)cc(NC(=O)NCCCl)cc1Cl. The maximum absolute atomic E-state index is 11.3.